The first-order valence-corrected chi connectivity index (χ1v) is 16.9. The lowest BCUT2D eigenvalue weighted by Crippen LogP contribution is -2.67. The molecule has 0 aliphatic heterocycles. The van der Waals surface area contributed by atoms with E-state index in [1.54, 1.807) is 19.9 Å². The van der Waals surface area contributed by atoms with Crippen molar-refractivity contribution in [2.24, 2.45) is 17.6 Å². The minimum absolute atomic E-state index is 0.0639. The van der Waals surface area contributed by atoms with E-state index in [0.717, 1.165) is 11.6 Å². The second-order valence-electron chi connectivity index (χ2n) is 13.6. The molecule has 1 aliphatic rings. The van der Waals surface area contributed by atoms with Crippen molar-refractivity contribution in [2.75, 3.05) is 0 Å². The first-order chi connectivity index (χ1) is 22.5. The Balaban J connectivity index is 1.76. The van der Waals surface area contributed by atoms with Gasteiger partial charge in [0.1, 0.15) is 11.6 Å². The van der Waals surface area contributed by atoms with Gasteiger partial charge in [0.25, 0.3) is 0 Å². The summed E-state index contributed by atoms with van der Waals surface area (Å²) in [6, 6.07) is 11.5. The molecule has 0 bridgehead atoms. The Morgan fingerprint density at radius 1 is 0.958 bits per heavy atom. The number of aromatic nitrogens is 1. The number of alkyl halides is 3. The van der Waals surface area contributed by atoms with Crippen LogP contribution in [0.15, 0.2) is 48.5 Å². The number of nitrogens with two attached hydrogens (primary N) is 1. The van der Waals surface area contributed by atoms with Gasteiger partial charge in [-0.15, -0.1) is 0 Å². The third-order valence-corrected chi connectivity index (χ3v) is 10.3. The summed E-state index contributed by atoms with van der Waals surface area (Å²) < 4.78 is 41.9. The number of nitrogens with one attached hydrogen (secondary N) is 4. The molecule has 12 heteroatoms. The number of H-pyrrole nitrogens is 1. The summed E-state index contributed by atoms with van der Waals surface area (Å²) in [7, 11) is 0. The normalized spacial score (nSPS) is 19.0. The molecule has 1 heterocycles. The van der Waals surface area contributed by atoms with Crippen molar-refractivity contribution in [3.63, 3.8) is 0 Å². The second kappa shape index (κ2) is 14.3. The highest BCUT2D eigenvalue weighted by molar-refractivity contribution is 7.80. The first-order valence-electron chi connectivity index (χ1n) is 16.4. The highest BCUT2D eigenvalue weighted by Gasteiger charge is 2.47. The summed E-state index contributed by atoms with van der Waals surface area (Å²) in [6.07, 6.45) is -3.18. The number of fused-ring (bicyclic) bond motifs is 3. The Bertz CT molecular complexity index is 1670. The average Bonchev–Trinajstić information content (AvgIpc) is 3.42. The second-order valence-corrected chi connectivity index (χ2v) is 14.1. The summed E-state index contributed by atoms with van der Waals surface area (Å²) in [5.74, 6) is -1.90. The molecular formula is C36H46F3N5O3S. The van der Waals surface area contributed by atoms with Crippen LogP contribution in [-0.2, 0) is 38.8 Å². The van der Waals surface area contributed by atoms with E-state index in [9.17, 15) is 27.6 Å². The van der Waals surface area contributed by atoms with Crippen LogP contribution in [0.2, 0.25) is 0 Å². The number of carbonyl (C=O) groups is 3. The van der Waals surface area contributed by atoms with Crippen LogP contribution >= 0.6 is 12.2 Å². The van der Waals surface area contributed by atoms with Gasteiger partial charge in [0.05, 0.1) is 27.5 Å². The summed E-state index contributed by atoms with van der Waals surface area (Å²) >= 11 is 5.30. The van der Waals surface area contributed by atoms with Crippen molar-refractivity contribution in [1.29, 1.82) is 0 Å². The third-order valence-electron chi connectivity index (χ3n) is 10.1. The molecule has 1 aliphatic carbocycles. The molecule has 8 nitrogen and oxygen atoms in total. The van der Waals surface area contributed by atoms with Gasteiger partial charge in [-0.25, -0.2) is 0 Å². The van der Waals surface area contributed by atoms with Gasteiger partial charge in [-0.3, -0.25) is 14.4 Å². The third kappa shape index (κ3) is 7.38. The molecule has 2 aromatic carbocycles. The molecule has 48 heavy (non-hydrogen) atoms. The topological polar surface area (TPSA) is 129 Å². The minimum atomic E-state index is -4.59. The molecule has 6 N–H and O–H groups in total. The van der Waals surface area contributed by atoms with Gasteiger partial charge in [0.15, 0.2) is 0 Å². The van der Waals surface area contributed by atoms with E-state index < -0.39 is 46.6 Å². The molecular weight excluding hydrogens is 639 g/mol. The summed E-state index contributed by atoms with van der Waals surface area (Å²) in [4.78, 5) is 45.5. The lowest BCUT2D eigenvalue weighted by Gasteiger charge is -2.40. The van der Waals surface area contributed by atoms with E-state index in [1.807, 2.05) is 58.0 Å². The van der Waals surface area contributed by atoms with Crippen molar-refractivity contribution in [3.05, 3.63) is 70.9 Å². The summed E-state index contributed by atoms with van der Waals surface area (Å²) in [5, 5.41) is 9.24. The van der Waals surface area contributed by atoms with Gasteiger partial charge in [-0.1, -0.05) is 95.2 Å². The van der Waals surface area contributed by atoms with Gasteiger partial charge in [0.2, 0.25) is 17.7 Å². The van der Waals surface area contributed by atoms with E-state index in [0.29, 0.717) is 29.5 Å². The predicted molar refractivity (Wildman–Crippen MR) is 185 cm³/mol. The number of benzene rings is 2. The molecule has 0 radical (unpaired) electrons. The number of aromatic amines is 1. The van der Waals surface area contributed by atoms with Crippen molar-refractivity contribution >= 4 is 45.8 Å². The SMILES string of the molecule is CCC(C)[C@H](NC(=O)C(C)(C)c1ccccc1)C(=O)N[C@]1(C(=O)NC(C(N)=S)[C@@H](C)CC)CCc2[nH]c3c(C(F)(F)F)cccc3c2C1. The molecule has 0 spiro atoms. The molecule has 1 aromatic heterocycles. The molecule has 4 rings (SSSR count). The molecule has 0 saturated heterocycles. The van der Waals surface area contributed by atoms with Crippen LogP contribution < -0.4 is 21.7 Å². The number of hydrogen-bond acceptors (Lipinski definition) is 4. The smallest absolute Gasteiger partial charge is 0.392 e. The van der Waals surface area contributed by atoms with E-state index in [4.69, 9.17) is 18.0 Å². The van der Waals surface area contributed by atoms with Crippen LogP contribution in [0.3, 0.4) is 0 Å². The predicted octanol–water partition coefficient (Wildman–Crippen LogP) is 5.86. The van der Waals surface area contributed by atoms with E-state index >= 15 is 0 Å². The molecule has 260 valence electrons. The fourth-order valence-electron chi connectivity index (χ4n) is 6.40. The maximum Gasteiger partial charge on any atom is 0.418 e. The lowest BCUT2D eigenvalue weighted by molar-refractivity contribution is -0.138. The number of amides is 3. The van der Waals surface area contributed by atoms with E-state index in [1.165, 1.54) is 6.07 Å². The quantitative estimate of drug-likeness (QED) is 0.153. The minimum Gasteiger partial charge on any atom is -0.392 e. The summed E-state index contributed by atoms with van der Waals surface area (Å²) in [5.41, 5.74) is 4.49. The molecule has 5 atom stereocenters. The molecule has 3 aromatic rings. The van der Waals surface area contributed by atoms with Crippen molar-refractivity contribution < 1.29 is 27.6 Å². The van der Waals surface area contributed by atoms with Gasteiger partial charge in [-0.2, -0.15) is 13.2 Å². The number of thiocarbonyl (C=S) groups is 1. The number of para-hydroxylation sites is 1. The fourth-order valence-corrected chi connectivity index (χ4v) is 6.69. The zero-order chi connectivity index (χ0) is 35.6. The van der Waals surface area contributed by atoms with Crippen LogP contribution in [0, 0.1) is 11.8 Å². The number of aryl methyl sites for hydroxylation is 1. The number of hydrogen-bond donors (Lipinski definition) is 5. The monoisotopic (exact) mass is 685 g/mol. The Morgan fingerprint density at radius 3 is 2.17 bits per heavy atom. The first kappa shape index (κ1) is 36.9. The molecule has 0 fully saturated rings. The highest BCUT2D eigenvalue weighted by atomic mass is 32.1. The maximum absolute atomic E-state index is 14.4. The van der Waals surface area contributed by atoms with E-state index in [-0.39, 0.29) is 47.5 Å². The van der Waals surface area contributed by atoms with Crippen molar-refractivity contribution in [2.45, 2.75) is 103 Å². The van der Waals surface area contributed by atoms with Gasteiger partial charge in [-0.05, 0) is 55.7 Å². The van der Waals surface area contributed by atoms with Crippen LogP contribution in [-0.4, -0.2) is 45.3 Å². The average molecular weight is 686 g/mol. The Labute approximate surface area is 285 Å². The van der Waals surface area contributed by atoms with Crippen molar-refractivity contribution in [3.8, 4) is 0 Å². The van der Waals surface area contributed by atoms with Crippen molar-refractivity contribution in [1.82, 2.24) is 20.9 Å². The van der Waals surface area contributed by atoms with Gasteiger partial charge >= 0.3 is 6.18 Å². The van der Waals surface area contributed by atoms with Gasteiger partial charge < -0.3 is 26.7 Å². The fraction of sp³-hybridized carbons (Fsp3) is 0.500. The largest absolute Gasteiger partial charge is 0.418 e. The number of rotatable bonds is 12. The number of halogens is 3. The zero-order valence-corrected chi connectivity index (χ0v) is 29.1. The van der Waals surface area contributed by atoms with E-state index in [2.05, 4.69) is 20.9 Å². The zero-order valence-electron chi connectivity index (χ0n) is 28.3. The summed E-state index contributed by atoms with van der Waals surface area (Å²) in [6.45, 7) is 11.1. The van der Waals surface area contributed by atoms with Crippen LogP contribution in [0.1, 0.15) is 83.2 Å². The molecule has 3 amide bonds. The Hall–Kier alpha value is -3.93. The Kier molecular flexibility index (Phi) is 11.0. The van der Waals surface area contributed by atoms with Crippen LogP contribution in [0.5, 0.6) is 0 Å². The standard InChI is InChI=1S/C36H46F3N5O3S/c1-7-20(3)27(30(40)48)42-33(47)35(18-17-26-24(19-35)23-15-12-16-25(29(23)41-26)36(37,38)39)44-31(45)28(21(4)8-2)43-32(46)34(5,6)22-13-10-9-11-14-22/h9-16,20-21,27-28,41H,7-8,17-19H2,1-6H3,(H2,40,48)(H,42,47)(H,43,46)(H,44,45)/t20-,21?,27?,28-,35+/m0/s1. The maximum atomic E-state index is 14.4. The Morgan fingerprint density at radius 2 is 1.58 bits per heavy atom. The lowest BCUT2D eigenvalue weighted by atomic mass is 9.77. The van der Waals surface area contributed by atoms with Gasteiger partial charge in [0, 0.05) is 17.5 Å². The highest BCUT2D eigenvalue weighted by Crippen LogP contribution is 2.40. The van der Waals surface area contributed by atoms with Crippen LogP contribution in [0.4, 0.5) is 13.2 Å². The molecule has 0 saturated carbocycles. The van der Waals surface area contributed by atoms with Crippen LogP contribution in [0.25, 0.3) is 10.9 Å². The molecule has 2 unspecified atom stereocenters. The number of carbonyl (C=O) groups excluding carboxylic acids is 3.